The maximum Gasteiger partial charge on any atom is 0.215 e. The van der Waals surface area contributed by atoms with Crippen molar-refractivity contribution in [3.63, 3.8) is 0 Å². The molecule has 0 amide bonds. The lowest BCUT2D eigenvalue weighted by Crippen LogP contribution is -2.28. The summed E-state index contributed by atoms with van der Waals surface area (Å²) in [6.45, 7) is 2.43. The van der Waals surface area contributed by atoms with E-state index in [0.29, 0.717) is 0 Å². The number of rotatable bonds is 4. The number of hydrogen-bond acceptors (Lipinski definition) is 4. The molecule has 0 atom stereocenters. The number of carbonyl (C=O) groups excluding carboxylic acids is 3. The van der Waals surface area contributed by atoms with E-state index >= 15 is 0 Å². The third-order valence-electron chi connectivity index (χ3n) is 1.84. The molecule has 0 saturated heterocycles. The Balaban J connectivity index is 2.97. The highest BCUT2D eigenvalue weighted by Crippen LogP contribution is 2.11. The third-order valence-corrected chi connectivity index (χ3v) is 1.84. The summed E-state index contributed by atoms with van der Waals surface area (Å²) in [7, 11) is 0. The van der Waals surface area contributed by atoms with Gasteiger partial charge in [-0.25, -0.2) is 0 Å². The lowest BCUT2D eigenvalue weighted by atomic mass is 9.94. The van der Waals surface area contributed by atoms with E-state index in [4.69, 9.17) is 4.42 Å². The molecule has 0 saturated carbocycles. The molecule has 0 aliphatic carbocycles. The first kappa shape index (κ1) is 10.4. The van der Waals surface area contributed by atoms with Crippen LogP contribution < -0.4 is 0 Å². The van der Waals surface area contributed by atoms with Crippen LogP contribution in [0.5, 0.6) is 0 Å². The molecule has 1 rings (SSSR count). The minimum atomic E-state index is -1.22. The standard InChI is InChI=1S/C10H10O4/c1-6(11)9(7(2)12)10(13)8-4-3-5-14-8/h3-5,9H,1-2H3. The molecule has 0 aliphatic rings. The summed E-state index contributed by atoms with van der Waals surface area (Å²) in [5, 5.41) is 0. The van der Waals surface area contributed by atoms with Crippen LogP contribution in [0.1, 0.15) is 24.4 Å². The molecule has 74 valence electrons. The summed E-state index contributed by atoms with van der Waals surface area (Å²) in [4.78, 5) is 33.6. The second-order valence-electron chi connectivity index (χ2n) is 3.00. The van der Waals surface area contributed by atoms with Gasteiger partial charge in [0.1, 0.15) is 17.5 Å². The maximum atomic E-state index is 11.6. The van der Waals surface area contributed by atoms with Crippen LogP contribution in [0.15, 0.2) is 22.8 Å². The van der Waals surface area contributed by atoms with Gasteiger partial charge in [-0.05, 0) is 26.0 Å². The van der Waals surface area contributed by atoms with Gasteiger partial charge in [0.2, 0.25) is 5.78 Å². The Morgan fingerprint density at radius 2 is 1.79 bits per heavy atom. The Kier molecular flexibility index (Phi) is 2.96. The fraction of sp³-hybridized carbons (Fsp3) is 0.300. The second-order valence-corrected chi connectivity index (χ2v) is 3.00. The number of carbonyl (C=O) groups is 3. The van der Waals surface area contributed by atoms with Crippen LogP contribution in [0.3, 0.4) is 0 Å². The molecule has 0 bridgehead atoms. The summed E-state index contributed by atoms with van der Waals surface area (Å²) < 4.78 is 4.82. The Morgan fingerprint density at radius 1 is 1.21 bits per heavy atom. The summed E-state index contributed by atoms with van der Waals surface area (Å²) in [5.74, 6) is -2.67. The normalized spacial score (nSPS) is 10.2. The average molecular weight is 194 g/mol. The van der Waals surface area contributed by atoms with Crippen LogP contribution in [0.2, 0.25) is 0 Å². The molecule has 4 heteroatoms. The number of hydrogen-bond donors (Lipinski definition) is 0. The number of Topliss-reactive ketones (excluding diaryl/α,β-unsaturated/α-hetero) is 3. The van der Waals surface area contributed by atoms with Gasteiger partial charge in [-0.3, -0.25) is 14.4 Å². The third kappa shape index (κ3) is 1.96. The van der Waals surface area contributed by atoms with E-state index in [9.17, 15) is 14.4 Å². The van der Waals surface area contributed by atoms with Crippen LogP contribution in [-0.4, -0.2) is 17.3 Å². The highest BCUT2D eigenvalue weighted by atomic mass is 16.3. The predicted molar refractivity (Wildman–Crippen MR) is 47.9 cm³/mol. The Morgan fingerprint density at radius 3 is 2.14 bits per heavy atom. The van der Waals surface area contributed by atoms with Crippen molar-refractivity contribution < 1.29 is 18.8 Å². The van der Waals surface area contributed by atoms with Crippen LogP contribution in [0.4, 0.5) is 0 Å². The van der Waals surface area contributed by atoms with Gasteiger partial charge >= 0.3 is 0 Å². The van der Waals surface area contributed by atoms with Gasteiger partial charge in [0.15, 0.2) is 5.76 Å². The molecule has 4 nitrogen and oxygen atoms in total. The zero-order valence-electron chi connectivity index (χ0n) is 7.94. The zero-order chi connectivity index (χ0) is 10.7. The molecule has 0 spiro atoms. The van der Waals surface area contributed by atoms with Crippen molar-refractivity contribution in [3.8, 4) is 0 Å². The molecular formula is C10H10O4. The van der Waals surface area contributed by atoms with Gasteiger partial charge < -0.3 is 4.42 Å². The summed E-state index contributed by atoms with van der Waals surface area (Å²) >= 11 is 0. The van der Waals surface area contributed by atoms with Crippen molar-refractivity contribution in [2.45, 2.75) is 13.8 Å². The lowest BCUT2D eigenvalue weighted by Gasteiger charge is -2.05. The van der Waals surface area contributed by atoms with Crippen molar-refractivity contribution in [2.75, 3.05) is 0 Å². The quantitative estimate of drug-likeness (QED) is 0.534. The topological polar surface area (TPSA) is 64.3 Å². The van der Waals surface area contributed by atoms with Gasteiger partial charge in [0.05, 0.1) is 6.26 Å². The molecule has 1 aromatic rings. The van der Waals surface area contributed by atoms with Gasteiger partial charge in [0.25, 0.3) is 0 Å². The van der Waals surface area contributed by atoms with E-state index in [1.54, 1.807) is 0 Å². The molecule has 0 radical (unpaired) electrons. The van der Waals surface area contributed by atoms with Crippen LogP contribution in [-0.2, 0) is 9.59 Å². The maximum absolute atomic E-state index is 11.6. The summed E-state index contributed by atoms with van der Waals surface area (Å²) in [5.41, 5.74) is 0. The highest BCUT2D eigenvalue weighted by molar-refractivity contribution is 6.22. The summed E-state index contributed by atoms with van der Waals surface area (Å²) in [6, 6.07) is 2.96. The first-order valence-electron chi connectivity index (χ1n) is 4.12. The van der Waals surface area contributed by atoms with Gasteiger partial charge in [-0.15, -0.1) is 0 Å². The van der Waals surface area contributed by atoms with Crippen molar-refractivity contribution in [2.24, 2.45) is 5.92 Å². The van der Waals surface area contributed by atoms with Crippen LogP contribution >= 0.6 is 0 Å². The van der Waals surface area contributed by atoms with E-state index in [-0.39, 0.29) is 5.76 Å². The molecule has 1 aromatic heterocycles. The molecule has 0 N–H and O–H groups in total. The molecule has 1 heterocycles. The van der Waals surface area contributed by atoms with E-state index in [1.807, 2.05) is 0 Å². The minimum Gasteiger partial charge on any atom is -0.461 e. The Labute approximate surface area is 80.9 Å². The first-order chi connectivity index (χ1) is 6.54. The Bertz CT molecular complexity index is 347. The van der Waals surface area contributed by atoms with E-state index < -0.39 is 23.3 Å². The Hall–Kier alpha value is -1.71. The van der Waals surface area contributed by atoms with Gasteiger partial charge in [-0.2, -0.15) is 0 Å². The SMILES string of the molecule is CC(=O)C(C(C)=O)C(=O)c1ccco1. The van der Waals surface area contributed by atoms with E-state index in [2.05, 4.69) is 0 Å². The minimum absolute atomic E-state index is 0.0420. The van der Waals surface area contributed by atoms with Gasteiger partial charge in [-0.1, -0.05) is 0 Å². The second kappa shape index (κ2) is 4.00. The average Bonchev–Trinajstić information content (AvgIpc) is 2.53. The summed E-state index contributed by atoms with van der Waals surface area (Å²) in [6.07, 6.45) is 1.32. The monoisotopic (exact) mass is 194 g/mol. The largest absolute Gasteiger partial charge is 0.461 e. The predicted octanol–water partition coefficient (Wildman–Crippen LogP) is 1.26. The van der Waals surface area contributed by atoms with E-state index in [0.717, 1.165) is 0 Å². The van der Waals surface area contributed by atoms with Crippen molar-refractivity contribution in [1.82, 2.24) is 0 Å². The molecule has 14 heavy (non-hydrogen) atoms. The molecule has 0 aromatic carbocycles. The lowest BCUT2D eigenvalue weighted by molar-refractivity contribution is -0.128. The molecule has 0 aliphatic heterocycles. The van der Waals surface area contributed by atoms with Crippen LogP contribution in [0, 0.1) is 5.92 Å². The smallest absolute Gasteiger partial charge is 0.215 e. The molecule has 0 fully saturated rings. The van der Waals surface area contributed by atoms with Crippen LogP contribution in [0.25, 0.3) is 0 Å². The van der Waals surface area contributed by atoms with Crippen molar-refractivity contribution in [3.05, 3.63) is 24.2 Å². The van der Waals surface area contributed by atoms with Crippen molar-refractivity contribution in [1.29, 1.82) is 0 Å². The highest BCUT2D eigenvalue weighted by Gasteiger charge is 2.30. The molecule has 0 unspecified atom stereocenters. The first-order valence-corrected chi connectivity index (χ1v) is 4.12. The van der Waals surface area contributed by atoms with Crippen molar-refractivity contribution >= 4 is 17.3 Å². The van der Waals surface area contributed by atoms with Gasteiger partial charge in [0, 0.05) is 0 Å². The number of furan rings is 1. The van der Waals surface area contributed by atoms with E-state index in [1.165, 1.54) is 32.2 Å². The fourth-order valence-electron chi connectivity index (χ4n) is 1.22. The fourth-order valence-corrected chi connectivity index (χ4v) is 1.22. The zero-order valence-corrected chi connectivity index (χ0v) is 7.94. The molecular weight excluding hydrogens is 184 g/mol. The number of ketones is 3.